The predicted molar refractivity (Wildman–Crippen MR) is 100 cm³/mol. The van der Waals surface area contributed by atoms with Crippen LogP contribution >= 0.6 is 15.9 Å². The molecule has 2 aromatic rings. The Bertz CT molecular complexity index is 656. The molecule has 128 valence electrons. The van der Waals surface area contributed by atoms with Crippen molar-refractivity contribution >= 4 is 27.5 Å². The van der Waals surface area contributed by atoms with E-state index in [0.717, 1.165) is 27.4 Å². The van der Waals surface area contributed by atoms with Crippen molar-refractivity contribution in [3.63, 3.8) is 0 Å². The number of hydrogen-bond donors (Lipinski definition) is 2. The lowest BCUT2D eigenvalue weighted by atomic mass is 10.1. The van der Waals surface area contributed by atoms with Crippen molar-refractivity contribution in [1.82, 2.24) is 0 Å². The third-order valence-electron chi connectivity index (χ3n) is 3.96. The molecular weight excluding hydrogens is 368 g/mol. The Morgan fingerprint density at radius 1 is 1.17 bits per heavy atom. The van der Waals surface area contributed by atoms with E-state index >= 15 is 0 Å². The second kappa shape index (κ2) is 8.85. The molecule has 1 amide bonds. The van der Waals surface area contributed by atoms with Gasteiger partial charge >= 0.3 is 0 Å². The van der Waals surface area contributed by atoms with Gasteiger partial charge in [0.05, 0.1) is 13.7 Å². The highest BCUT2D eigenvalue weighted by Crippen LogP contribution is 2.14. The van der Waals surface area contributed by atoms with Gasteiger partial charge in [-0.25, -0.2) is 0 Å². The molecule has 24 heavy (non-hydrogen) atoms. The Morgan fingerprint density at radius 2 is 1.79 bits per heavy atom. The molecule has 0 heterocycles. The van der Waals surface area contributed by atoms with E-state index in [1.165, 1.54) is 5.56 Å². The third kappa shape index (κ3) is 5.35. The van der Waals surface area contributed by atoms with E-state index in [9.17, 15) is 4.79 Å². The Hall–Kier alpha value is -1.85. The van der Waals surface area contributed by atoms with Gasteiger partial charge in [0.25, 0.3) is 5.91 Å². The van der Waals surface area contributed by atoms with Gasteiger partial charge in [0.15, 0.2) is 6.04 Å². The average Bonchev–Trinajstić information content (AvgIpc) is 2.58. The van der Waals surface area contributed by atoms with E-state index < -0.39 is 0 Å². The van der Waals surface area contributed by atoms with Crippen LogP contribution in [0.1, 0.15) is 19.4 Å². The lowest BCUT2D eigenvalue weighted by Crippen LogP contribution is -3.12. The summed E-state index contributed by atoms with van der Waals surface area (Å²) in [6.07, 6.45) is 0. The maximum absolute atomic E-state index is 12.4. The molecule has 0 aromatic heterocycles. The van der Waals surface area contributed by atoms with Crippen molar-refractivity contribution in [2.45, 2.75) is 26.4 Å². The number of rotatable bonds is 7. The van der Waals surface area contributed by atoms with Crippen LogP contribution in [0.15, 0.2) is 53.0 Å². The van der Waals surface area contributed by atoms with E-state index in [-0.39, 0.29) is 11.9 Å². The fourth-order valence-electron chi connectivity index (χ4n) is 2.35. The third-order valence-corrected chi connectivity index (χ3v) is 4.49. The Labute approximate surface area is 151 Å². The van der Waals surface area contributed by atoms with Crippen molar-refractivity contribution in [2.24, 2.45) is 0 Å². The Kier molecular flexibility index (Phi) is 6.82. The maximum atomic E-state index is 12.4. The number of likely N-dealkylation sites (N-methyl/N-ethyl adjacent to an activating group) is 1. The lowest BCUT2D eigenvalue weighted by molar-refractivity contribution is -0.907. The van der Waals surface area contributed by atoms with Crippen LogP contribution in [0.25, 0.3) is 0 Å². The Balaban J connectivity index is 1.91. The smallest absolute Gasteiger partial charge is 0.282 e. The zero-order chi connectivity index (χ0) is 17.5. The molecule has 0 fully saturated rings. The van der Waals surface area contributed by atoms with E-state index in [2.05, 4.69) is 21.2 Å². The van der Waals surface area contributed by atoms with Crippen LogP contribution in [0, 0.1) is 0 Å². The molecule has 5 heteroatoms. The number of amides is 1. The Morgan fingerprint density at radius 3 is 2.38 bits per heavy atom. The van der Waals surface area contributed by atoms with Gasteiger partial charge in [-0.2, -0.15) is 0 Å². The van der Waals surface area contributed by atoms with Crippen LogP contribution in [-0.4, -0.2) is 25.6 Å². The number of anilines is 1. The minimum absolute atomic E-state index is 0.0146. The van der Waals surface area contributed by atoms with Gasteiger partial charge in [-0.3, -0.25) is 4.79 Å². The number of ether oxygens (including phenoxy) is 1. The van der Waals surface area contributed by atoms with Gasteiger partial charge in [-0.15, -0.1) is 0 Å². The van der Waals surface area contributed by atoms with E-state index in [1.54, 1.807) is 0 Å². The number of halogens is 1. The molecule has 4 nitrogen and oxygen atoms in total. The number of quaternary nitrogens is 1. The number of benzene rings is 2. The lowest BCUT2D eigenvalue weighted by Gasteiger charge is -2.21. The molecule has 0 aliphatic rings. The van der Waals surface area contributed by atoms with Crippen LogP contribution in [0.2, 0.25) is 0 Å². The fourth-order valence-corrected chi connectivity index (χ4v) is 2.62. The zero-order valence-electron chi connectivity index (χ0n) is 14.3. The minimum Gasteiger partial charge on any atom is -0.494 e. The molecule has 0 saturated carbocycles. The first-order valence-electron chi connectivity index (χ1n) is 8.10. The predicted octanol–water partition coefficient (Wildman–Crippen LogP) is 2.89. The molecule has 0 aliphatic heterocycles. The van der Waals surface area contributed by atoms with Gasteiger partial charge in [-0.1, -0.05) is 15.9 Å². The number of hydrogen-bond acceptors (Lipinski definition) is 2. The average molecular weight is 392 g/mol. The molecule has 1 unspecified atom stereocenters. The van der Waals surface area contributed by atoms with Crippen molar-refractivity contribution in [3.05, 3.63) is 58.6 Å². The van der Waals surface area contributed by atoms with Gasteiger partial charge in [0.2, 0.25) is 0 Å². The first kappa shape index (κ1) is 18.5. The highest BCUT2D eigenvalue weighted by Gasteiger charge is 2.22. The summed E-state index contributed by atoms with van der Waals surface area (Å²) in [5, 5.41) is 2.96. The molecule has 0 bridgehead atoms. The van der Waals surface area contributed by atoms with Gasteiger partial charge in [-0.05, 0) is 62.4 Å². The number of carbonyl (C=O) groups excluding carboxylic acids is 1. The highest BCUT2D eigenvalue weighted by atomic mass is 79.9. The summed E-state index contributed by atoms with van der Waals surface area (Å²) in [6, 6.07) is 15.5. The molecule has 0 radical (unpaired) electrons. The highest BCUT2D eigenvalue weighted by molar-refractivity contribution is 9.10. The molecule has 2 atom stereocenters. The summed E-state index contributed by atoms with van der Waals surface area (Å²) in [5.74, 6) is 0.890. The van der Waals surface area contributed by atoms with Crippen LogP contribution in [0.4, 0.5) is 5.69 Å². The molecule has 2 N–H and O–H groups in total. The zero-order valence-corrected chi connectivity index (χ0v) is 15.9. The number of nitrogens with one attached hydrogen (secondary N) is 2. The van der Waals surface area contributed by atoms with Gasteiger partial charge < -0.3 is 15.0 Å². The molecular formula is C19H24BrN2O2+. The van der Waals surface area contributed by atoms with E-state index in [4.69, 9.17) is 4.74 Å². The molecule has 2 rings (SSSR count). The van der Waals surface area contributed by atoms with Crippen LogP contribution in [0.3, 0.4) is 0 Å². The minimum atomic E-state index is -0.153. The standard InChI is InChI=1S/C19H23BrN2O2/c1-4-24-18-11-5-15(6-12-18)13-22(3)14(2)19(23)21-17-9-7-16(20)8-10-17/h5-12,14H,4,13H2,1-3H3,(H,21,23)/p+1/t14-/m0/s1. The summed E-state index contributed by atoms with van der Waals surface area (Å²) in [7, 11) is 2.03. The summed E-state index contributed by atoms with van der Waals surface area (Å²) >= 11 is 3.39. The molecule has 0 saturated heterocycles. The summed E-state index contributed by atoms with van der Waals surface area (Å²) < 4.78 is 6.44. The first-order chi connectivity index (χ1) is 11.5. The summed E-state index contributed by atoms with van der Waals surface area (Å²) in [5.41, 5.74) is 1.99. The second-order valence-corrected chi connectivity index (χ2v) is 6.73. The monoisotopic (exact) mass is 391 g/mol. The molecule has 0 aliphatic carbocycles. The SMILES string of the molecule is CCOc1ccc(C[NH+](C)[C@@H](C)C(=O)Nc2ccc(Br)cc2)cc1. The topological polar surface area (TPSA) is 42.8 Å². The maximum Gasteiger partial charge on any atom is 0.282 e. The van der Waals surface area contributed by atoms with E-state index in [1.807, 2.05) is 69.4 Å². The van der Waals surface area contributed by atoms with Gasteiger partial charge in [0, 0.05) is 15.7 Å². The van der Waals surface area contributed by atoms with Crippen molar-refractivity contribution < 1.29 is 14.4 Å². The largest absolute Gasteiger partial charge is 0.494 e. The fraction of sp³-hybridized carbons (Fsp3) is 0.316. The van der Waals surface area contributed by atoms with Crippen LogP contribution in [-0.2, 0) is 11.3 Å². The molecule has 2 aromatic carbocycles. The van der Waals surface area contributed by atoms with Crippen molar-refractivity contribution in [2.75, 3.05) is 19.0 Å². The van der Waals surface area contributed by atoms with E-state index in [0.29, 0.717) is 6.61 Å². The summed E-state index contributed by atoms with van der Waals surface area (Å²) in [4.78, 5) is 13.5. The first-order valence-corrected chi connectivity index (χ1v) is 8.89. The quantitative estimate of drug-likeness (QED) is 0.761. The van der Waals surface area contributed by atoms with Crippen molar-refractivity contribution in [3.8, 4) is 5.75 Å². The molecule has 0 spiro atoms. The van der Waals surface area contributed by atoms with Crippen molar-refractivity contribution in [1.29, 1.82) is 0 Å². The second-order valence-electron chi connectivity index (χ2n) is 5.82. The number of carbonyl (C=O) groups is 1. The van der Waals surface area contributed by atoms with Crippen LogP contribution < -0.4 is 15.0 Å². The van der Waals surface area contributed by atoms with Crippen LogP contribution in [0.5, 0.6) is 5.75 Å². The normalized spacial score (nSPS) is 13.2. The summed E-state index contributed by atoms with van der Waals surface area (Å²) in [6.45, 7) is 5.36. The van der Waals surface area contributed by atoms with Gasteiger partial charge in [0.1, 0.15) is 12.3 Å².